The lowest BCUT2D eigenvalue weighted by Crippen LogP contribution is -2.14. The van der Waals surface area contributed by atoms with Gasteiger partial charge in [-0.15, -0.1) is 0 Å². The lowest BCUT2D eigenvalue weighted by atomic mass is 10.1. The number of pyridine rings is 1. The normalized spacial score (nSPS) is 10.6. The molecular formula is C17H14N2O3. The molecule has 110 valence electrons. The van der Waals surface area contributed by atoms with Crippen LogP contribution in [0.3, 0.4) is 0 Å². The number of rotatable bonds is 2. The highest BCUT2D eigenvalue weighted by Crippen LogP contribution is 2.21. The average molecular weight is 294 g/mol. The maximum absolute atomic E-state index is 12.2. The van der Waals surface area contributed by atoms with Crippen molar-refractivity contribution in [2.75, 3.05) is 5.32 Å². The zero-order chi connectivity index (χ0) is 15.7. The Morgan fingerprint density at radius 3 is 2.73 bits per heavy atom. The summed E-state index contributed by atoms with van der Waals surface area (Å²) >= 11 is 0. The number of hydrogen-bond donors (Lipinski definition) is 1. The lowest BCUT2D eigenvalue weighted by molar-refractivity contribution is 0.102. The number of hydrogen-bond acceptors (Lipinski definition) is 4. The van der Waals surface area contributed by atoms with Gasteiger partial charge in [-0.05, 0) is 43.7 Å². The molecule has 1 amide bonds. The predicted molar refractivity (Wildman–Crippen MR) is 84.1 cm³/mol. The fraction of sp³-hybridized carbons (Fsp3) is 0.118. The molecule has 5 heteroatoms. The molecule has 1 N–H and O–H groups in total. The van der Waals surface area contributed by atoms with Gasteiger partial charge >= 0.3 is 5.63 Å². The molecule has 5 nitrogen and oxygen atoms in total. The summed E-state index contributed by atoms with van der Waals surface area (Å²) in [5, 5.41) is 3.59. The first kappa shape index (κ1) is 14.0. The van der Waals surface area contributed by atoms with Gasteiger partial charge in [-0.1, -0.05) is 6.07 Å². The van der Waals surface area contributed by atoms with Gasteiger partial charge in [0, 0.05) is 28.9 Å². The van der Waals surface area contributed by atoms with Crippen molar-refractivity contribution in [1.82, 2.24) is 4.98 Å². The second-order valence-electron chi connectivity index (χ2n) is 5.08. The molecule has 0 unspecified atom stereocenters. The molecule has 2 aromatic heterocycles. The van der Waals surface area contributed by atoms with Crippen LogP contribution in [-0.4, -0.2) is 10.9 Å². The van der Waals surface area contributed by atoms with E-state index in [2.05, 4.69) is 10.3 Å². The van der Waals surface area contributed by atoms with E-state index in [1.807, 2.05) is 26.0 Å². The third-order valence-corrected chi connectivity index (χ3v) is 3.33. The minimum atomic E-state index is -0.408. The monoisotopic (exact) mass is 294 g/mol. The van der Waals surface area contributed by atoms with Crippen LogP contribution in [0.2, 0.25) is 0 Å². The highest BCUT2D eigenvalue weighted by Gasteiger charge is 2.09. The first-order valence-electron chi connectivity index (χ1n) is 6.82. The SMILES string of the molecule is Cc1cccc(C(=O)Nc2ccc3c(C)cc(=O)oc3c2)n1. The molecular weight excluding hydrogens is 280 g/mol. The molecule has 0 bridgehead atoms. The van der Waals surface area contributed by atoms with Crippen molar-refractivity contribution in [2.24, 2.45) is 0 Å². The summed E-state index contributed by atoms with van der Waals surface area (Å²) in [7, 11) is 0. The largest absolute Gasteiger partial charge is 0.423 e. The average Bonchev–Trinajstić information content (AvgIpc) is 2.46. The van der Waals surface area contributed by atoms with Crippen molar-refractivity contribution in [3.8, 4) is 0 Å². The van der Waals surface area contributed by atoms with Crippen LogP contribution in [0.1, 0.15) is 21.7 Å². The first-order valence-corrected chi connectivity index (χ1v) is 6.82. The minimum Gasteiger partial charge on any atom is -0.423 e. The van der Waals surface area contributed by atoms with Crippen LogP contribution < -0.4 is 10.9 Å². The highest BCUT2D eigenvalue weighted by molar-refractivity contribution is 6.03. The van der Waals surface area contributed by atoms with Gasteiger partial charge in [0.2, 0.25) is 0 Å². The molecule has 0 aliphatic heterocycles. The number of carbonyl (C=O) groups excluding carboxylic acids is 1. The Kier molecular flexibility index (Phi) is 3.47. The van der Waals surface area contributed by atoms with Gasteiger partial charge in [0.15, 0.2) is 0 Å². The third kappa shape index (κ3) is 2.74. The lowest BCUT2D eigenvalue weighted by Gasteiger charge is -2.07. The minimum absolute atomic E-state index is 0.307. The Hall–Kier alpha value is -2.95. The second-order valence-corrected chi connectivity index (χ2v) is 5.08. The first-order chi connectivity index (χ1) is 10.5. The van der Waals surface area contributed by atoms with Gasteiger partial charge in [-0.3, -0.25) is 4.79 Å². The third-order valence-electron chi connectivity index (χ3n) is 3.33. The van der Waals surface area contributed by atoms with E-state index in [9.17, 15) is 9.59 Å². The number of nitrogens with one attached hydrogen (secondary N) is 1. The summed E-state index contributed by atoms with van der Waals surface area (Å²) in [6.07, 6.45) is 0. The summed E-state index contributed by atoms with van der Waals surface area (Å²) in [6, 6.07) is 11.9. The van der Waals surface area contributed by atoms with E-state index in [1.54, 1.807) is 24.3 Å². The van der Waals surface area contributed by atoms with Gasteiger partial charge in [-0.2, -0.15) is 0 Å². The van der Waals surface area contributed by atoms with Crippen LogP contribution >= 0.6 is 0 Å². The topological polar surface area (TPSA) is 72.2 Å². The molecule has 0 aliphatic carbocycles. The Labute approximate surface area is 126 Å². The van der Waals surface area contributed by atoms with Gasteiger partial charge in [0.05, 0.1) is 0 Å². The van der Waals surface area contributed by atoms with Crippen LogP contribution in [0.4, 0.5) is 5.69 Å². The van der Waals surface area contributed by atoms with Gasteiger partial charge in [0.25, 0.3) is 5.91 Å². The molecule has 1 aromatic carbocycles. The molecule has 2 heterocycles. The van der Waals surface area contributed by atoms with Crippen molar-refractivity contribution in [3.05, 3.63) is 69.8 Å². The zero-order valence-corrected chi connectivity index (χ0v) is 12.2. The molecule has 3 aromatic rings. The van der Waals surface area contributed by atoms with Crippen LogP contribution in [0.5, 0.6) is 0 Å². The van der Waals surface area contributed by atoms with Gasteiger partial charge in [-0.25, -0.2) is 9.78 Å². The Morgan fingerprint density at radius 1 is 1.14 bits per heavy atom. The molecule has 0 atom stereocenters. The fourth-order valence-electron chi connectivity index (χ4n) is 2.27. The van der Waals surface area contributed by atoms with E-state index in [0.717, 1.165) is 16.6 Å². The molecule has 0 saturated heterocycles. The molecule has 0 saturated carbocycles. The van der Waals surface area contributed by atoms with Crippen molar-refractivity contribution in [3.63, 3.8) is 0 Å². The van der Waals surface area contributed by atoms with Gasteiger partial charge < -0.3 is 9.73 Å². The summed E-state index contributed by atoms with van der Waals surface area (Å²) in [5.74, 6) is -0.307. The summed E-state index contributed by atoms with van der Waals surface area (Å²) < 4.78 is 5.17. The molecule has 0 fully saturated rings. The van der Waals surface area contributed by atoms with Crippen LogP contribution in [0, 0.1) is 13.8 Å². The zero-order valence-electron chi connectivity index (χ0n) is 12.2. The number of aromatic nitrogens is 1. The summed E-state index contributed by atoms with van der Waals surface area (Å²) in [5.41, 5.74) is 2.53. The van der Waals surface area contributed by atoms with E-state index in [1.165, 1.54) is 6.07 Å². The number of aryl methyl sites for hydroxylation is 2. The Morgan fingerprint density at radius 2 is 1.95 bits per heavy atom. The number of benzene rings is 1. The number of nitrogens with zero attached hydrogens (tertiary/aromatic N) is 1. The Bertz CT molecular complexity index is 929. The molecule has 0 spiro atoms. The number of carbonyl (C=O) groups is 1. The van der Waals surface area contributed by atoms with E-state index in [-0.39, 0.29) is 5.91 Å². The maximum Gasteiger partial charge on any atom is 0.336 e. The standard InChI is InChI=1S/C17H14N2O3/c1-10-8-16(20)22-15-9-12(6-7-13(10)15)19-17(21)14-5-3-4-11(2)18-14/h3-9H,1-2H3,(H,19,21). The fourth-order valence-corrected chi connectivity index (χ4v) is 2.27. The molecule has 22 heavy (non-hydrogen) atoms. The second kappa shape index (κ2) is 5.44. The molecule has 3 rings (SSSR count). The van der Waals surface area contributed by atoms with Crippen molar-refractivity contribution < 1.29 is 9.21 Å². The molecule has 0 aliphatic rings. The van der Waals surface area contributed by atoms with Crippen LogP contribution in [-0.2, 0) is 0 Å². The highest BCUT2D eigenvalue weighted by atomic mass is 16.4. The maximum atomic E-state index is 12.2. The number of fused-ring (bicyclic) bond motifs is 1. The summed E-state index contributed by atoms with van der Waals surface area (Å²) in [4.78, 5) is 27.8. The Balaban J connectivity index is 1.94. The van der Waals surface area contributed by atoms with Crippen molar-refractivity contribution in [1.29, 1.82) is 0 Å². The van der Waals surface area contributed by atoms with E-state index in [0.29, 0.717) is 17.0 Å². The van der Waals surface area contributed by atoms with Crippen molar-refractivity contribution in [2.45, 2.75) is 13.8 Å². The number of anilines is 1. The quantitative estimate of drug-likeness (QED) is 0.737. The van der Waals surface area contributed by atoms with Crippen LogP contribution in [0.25, 0.3) is 11.0 Å². The van der Waals surface area contributed by atoms with E-state index < -0.39 is 5.63 Å². The predicted octanol–water partition coefficient (Wildman–Crippen LogP) is 3.06. The van der Waals surface area contributed by atoms with E-state index in [4.69, 9.17) is 4.42 Å². The van der Waals surface area contributed by atoms with Crippen LogP contribution in [0.15, 0.2) is 51.7 Å². The smallest absolute Gasteiger partial charge is 0.336 e. The number of amides is 1. The molecule has 0 radical (unpaired) electrons. The van der Waals surface area contributed by atoms with E-state index >= 15 is 0 Å². The van der Waals surface area contributed by atoms with Crippen molar-refractivity contribution >= 4 is 22.6 Å². The van der Waals surface area contributed by atoms with Gasteiger partial charge in [0.1, 0.15) is 11.3 Å². The summed E-state index contributed by atoms with van der Waals surface area (Å²) in [6.45, 7) is 3.67.